The van der Waals surface area contributed by atoms with E-state index in [1.165, 1.54) is 18.3 Å². The fourth-order valence-corrected chi connectivity index (χ4v) is 4.34. The highest BCUT2D eigenvalue weighted by atomic mass is 32.2. The second-order valence-electron chi connectivity index (χ2n) is 7.90. The molecule has 0 aliphatic rings. The van der Waals surface area contributed by atoms with Crippen LogP contribution in [0.4, 0.5) is 5.82 Å². The predicted octanol–water partition coefficient (Wildman–Crippen LogP) is 3.05. The van der Waals surface area contributed by atoms with Crippen LogP contribution in [0, 0.1) is 0 Å². The van der Waals surface area contributed by atoms with Crippen LogP contribution in [-0.4, -0.2) is 46.0 Å². The van der Waals surface area contributed by atoms with Crippen LogP contribution in [0.1, 0.15) is 19.4 Å². The Hall–Kier alpha value is -3.83. The highest BCUT2D eigenvalue weighted by Gasteiger charge is 2.21. The Morgan fingerprint density at radius 1 is 1.09 bits per heavy atom. The van der Waals surface area contributed by atoms with E-state index < -0.39 is 15.1 Å². The number of hydrogen-bond donors (Lipinski definition) is 3. The van der Waals surface area contributed by atoms with Crippen LogP contribution >= 0.6 is 0 Å². The van der Waals surface area contributed by atoms with Crippen molar-refractivity contribution in [3.8, 4) is 40.0 Å². The summed E-state index contributed by atoms with van der Waals surface area (Å²) in [5, 5.41) is 20.9. The molecule has 0 saturated carbocycles. The third-order valence-electron chi connectivity index (χ3n) is 5.20. The van der Waals surface area contributed by atoms with Crippen LogP contribution in [0.5, 0.6) is 5.75 Å². The molecule has 176 valence electrons. The van der Waals surface area contributed by atoms with Crippen LogP contribution in [0.2, 0.25) is 0 Å². The minimum atomic E-state index is -3.38. The second-order valence-corrected chi connectivity index (χ2v) is 10.4. The summed E-state index contributed by atoms with van der Waals surface area (Å²) in [6, 6.07) is 11.5. The highest BCUT2D eigenvalue weighted by molar-refractivity contribution is 7.92. The number of aromatic nitrogens is 4. The van der Waals surface area contributed by atoms with Crippen molar-refractivity contribution >= 4 is 15.7 Å². The summed E-state index contributed by atoms with van der Waals surface area (Å²) in [5.41, 5.74) is 8.57. The summed E-state index contributed by atoms with van der Waals surface area (Å²) in [7, 11) is -1.56. The first kappa shape index (κ1) is 23.3. The zero-order valence-electron chi connectivity index (χ0n) is 18.8. The number of aromatic hydroxyl groups is 1. The molecular weight excluding hydrogens is 456 g/mol. The fourth-order valence-electron chi connectivity index (χ4n) is 3.28. The Balaban J connectivity index is 1.66. The molecular formula is C23H24N6O4S. The maximum atomic E-state index is 12.4. The molecule has 10 nitrogen and oxygen atoms in total. The van der Waals surface area contributed by atoms with Crippen molar-refractivity contribution in [2.24, 2.45) is 0 Å². The van der Waals surface area contributed by atoms with Gasteiger partial charge in [-0.1, -0.05) is 18.2 Å². The van der Waals surface area contributed by atoms with Gasteiger partial charge in [0.1, 0.15) is 5.75 Å². The number of sulfone groups is 1. The molecule has 2 aromatic heterocycles. The van der Waals surface area contributed by atoms with Gasteiger partial charge in [-0.2, -0.15) is 0 Å². The van der Waals surface area contributed by atoms with Crippen molar-refractivity contribution in [1.29, 1.82) is 0 Å². The van der Waals surface area contributed by atoms with E-state index in [9.17, 15) is 13.5 Å². The number of hydrogen-bond acceptors (Lipinski definition) is 10. The van der Waals surface area contributed by atoms with Crippen LogP contribution in [0.3, 0.4) is 0 Å². The van der Waals surface area contributed by atoms with Gasteiger partial charge in [-0.15, -0.1) is 10.2 Å². The summed E-state index contributed by atoms with van der Waals surface area (Å²) >= 11 is 0. The number of nitrogens with zero attached hydrogens (tertiary/aromatic N) is 4. The average Bonchev–Trinajstić information content (AvgIpc) is 3.29. The van der Waals surface area contributed by atoms with E-state index in [0.717, 1.165) is 5.56 Å². The van der Waals surface area contributed by atoms with Crippen LogP contribution in [0.25, 0.3) is 34.3 Å². The van der Waals surface area contributed by atoms with Gasteiger partial charge in [-0.3, -0.25) is 0 Å². The van der Waals surface area contributed by atoms with Gasteiger partial charge in [0.2, 0.25) is 0 Å². The predicted molar refractivity (Wildman–Crippen MR) is 127 cm³/mol. The van der Waals surface area contributed by atoms with Crippen molar-refractivity contribution < 1.29 is 17.9 Å². The van der Waals surface area contributed by atoms with Crippen LogP contribution in [0.15, 0.2) is 58.0 Å². The van der Waals surface area contributed by atoms with E-state index >= 15 is 0 Å². The van der Waals surface area contributed by atoms with Crippen molar-refractivity contribution in [2.75, 3.05) is 12.8 Å². The van der Waals surface area contributed by atoms with Crippen LogP contribution in [-0.2, 0) is 16.4 Å². The molecule has 0 radical (unpaired) electrons. The smallest absolute Gasteiger partial charge is 0.270 e. The van der Waals surface area contributed by atoms with Gasteiger partial charge in [0.25, 0.3) is 11.8 Å². The number of nitrogens with two attached hydrogens (primary N) is 1. The molecule has 0 amide bonds. The van der Waals surface area contributed by atoms with Gasteiger partial charge in [0.15, 0.2) is 21.3 Å². The maximum Gasteiger partial charge on any atom is 0.270 e. The molecule has 0 unspecified atom stereocenters. The lowest BCUT2D eigenvalue weighted by Gasteiger charge is -2.09. The number of rotatable bonds is 7. The summed E-state index contributed by atoms with van der Waals surface area (Å²) < 4.78 is 30.5. The number of phenolic OH excluding ortho intramolecular Hbond substituents is 1. The van der Waals surface area contributed by atoms with Gasteiger partial charge in [0.05, 0.1) is 27.6 Å². The molecule has 0 fully saturated rings. The van der Waals surface area contributed by atoms with Gasteiger partial charge >= 0.3 is 0 Å². The number of anilines is 1. The normalized spacial score (nSPS) is 11.8. The zero-order valence-corrected chi connectivity index (χ0v) is 19.7. The molecule has 2 heterocycles. The molecule has 11 heteroatoms. The Bertz CT molecular complexity index is 1430. The molecule has 4 rings (SSSR count). The van der Waals surface area contributed by atoms with Gasteiger partial charge in [-0.05, 0) is 50.7 Å². The van der Waals surface area contributed by atoms with Gasteiger partial charge in [-0.25, -0.2) is 18.4 Å². The Morgan fingerprint density at radius 2 is 1.79 bits per heavy atom. The third-order valence-corrected chi connectivity index (χ3v) is 7.37. The lowest BCUT2D eigenvalue weighted by Crippen LogP contribution is -2.13. The minimum absolute atomic E-state index is 0.00666. The Morgan fingerprint density at radius 3 is 2.44 bits per heavy atom. The number of nitrogen functional groups attached to an aromatic ring is 1. The minimum Gasteiger partial charge on any atom is -0.507 e. The summed E-state index contributed by atoms with van der Waals surface area (Å²) in [5.74, 6) is 0.247. The summed E-state index contributed by atoms with van der Waals surface area (Å²) in [6.07, 6.45) is 1.48. The first-order chi connectivity index (χ1) is 16.2. The Labute approximate surface area is 196 Å². The highest BCUT2D eigenvalue weighted by Crippen LogP contribution is 2.32. The molecule has 0 saturated heterocycles. The molecule has 0 spiro atoms. The van der Waals surface area contributed by atoms with Crippen LogP contribution < -0.4 is 11.1 Å². The molecule has 0 aliphatic carbocycles. The van der Waals surface area contributed by atoms with Crippen molar-refractivity contribution in [3.05, 3.63) is 54.2 Å². The Kier molecular flexibility index (Phi) is 6.31. The molecule has 2 aromatic carbocycles. The SMILES string of the molecule is CNCc1ccc(-c2nnc(-c3nc(-c4ccc(S(=O)(=O)C(C)C)cc4)cnc3N)o2)c(O)c1. The molecule has 4 N–H and O–H groups in total. The van der Waals surface area contributed by atoms with Crippen molar-refractivity contribution in [3.63, 3.8) is 0 Å². The molecule has 4 aromatic rings. The fraction of sp³-hybridized carbons (Fsp3) is 0.217. The van der Waals surface area contributed by atoms with Crippen molar-refractivity contribution in [1.82, 2.24) is 25.5 Å². The quantitative estimate of drug-likeness (QED) is 0.359. The van der Waals surface area contributed by atoms with E-state index in [-0.39, 0.29) is 33.9 Å². The molecule has 0 aliphatic heterocycles. The first-order valence-corrected chi connectivity index (χ1v) is 12.0. The lowest BCUT2D eigenvalue weighted by molar-refractivity contribution is 0.472. The van der Waals surface area contributed by atoms with Gasteiger partial charge < -0.3 is 20.6 Å². The standard InChI is InChI=1S/C23H24N6O4S/c1-13(2)34(31,32)16-7-5-15(6-8-16)18-12-26-21(24)20(27-18)23-29-28-22(33-23)17-9-4-14(11-25-3)10-19(17)30/h4-10,12-13,25,30H,11H2,1-3H3,(H2,24,26). The van der Waals surface area contributed by atoms with Crippen molar-refractivity contribution in [2.45, 2.75) is 30.5 Å². The van der Waals surface area contributed by atoms with Gasteiger partial charge in [0, 0.05) is 12.1 Å². The lowest BCUT2D eigenvalue weighted by atomic mass is 10.1. The molecule has 34 heavy (non-hydrogen) atoms. The molecule has 0 atom stereocenters. The summed E-state index contributed by atoms with van der Waals surface area (Å²) in [4.78, 5) is 8.91. The monoisotopic (exact) mass is 480 g/mol. The maximum absolute atomic E-state index is 12.4. The largest absolute Gasteiger partial charge is 0.507 e. The summed E-state index contributed by atoms with van der Waals surface area (Å²) in [6.45, 7) is 3.87. The average molecular weight is 481 g/mol. The third kappa shape index (κ3) is 4.47. The van der Waals surface area contributed by atoms with E-state index in [1.54, 1.807) is 38.1 Å². The topological polar surface area (TPSA) is 157 Å². The van der Waals surface area contributed by atoms with E-state index in [1.807, 2.05) is 13.1 Å². The van der Waals surface area contributed by atoms with E-state index in [2.05, 4.69) is 25.5 Å². The number of phenols is 1. The first-order valence-electron chi connectivity index (χ1n) is 10.5. The number of benzene rings is 2. The number of nitrogens with one attached hydrogen (secondary N) is 1. The zero-order chi connectivity index (χ0) is 24.5. The van der Waals surface area contributed by atoms with E-state index in [0.29, 0.717) is 23.4 Å². The van der Waals surface area contributed by atoms with E-state index in [4.69, 9.17) is 10.2 Å². The molecule has 0 bridgehead atoms. The second kappa shape index (κ2) is 9.20.